The topological polar surface area (TPSA) is 60.2 Å². The van der Waals surface area contributed by atoms with Crippen LogP contribution in [0, 0.1) is 23.1 Å². The predicted molar refractivity (Wildman–Crippen MR) is 102 cm³/mol. The summed E-state index contributed by atoms with van der Waals surface area (Å²) in [7, 11) is 1.50. The summed E-state index contributed by atoms with van der Waals surface area (Å²) in [6, 6.07) is 5.62. The summed E-state index contributed by atoms with van der Waals surface area (Å²) >= 11 is 0. The maximum atomic E-state index is 13.8. The molecule has 2 atom stereocenters. The zero-order valence-electron chi connectivity index (χ0n) is 14.2. The second-order valence-corrected chi connectivity index (χ2v) is 6.09. The van der Waals surface area contributed by atoms with Gasteiger partial charge < -0.3 is 10.6 Å². The summed E-state index contributed by atoms with van der Waals surface area (Å²) in [5.41, 5.74) is 0.625. The number of rotatable bonds is 3. The first-order valence-electron chi connectivity index (χ1n) is 8.06. The zero-order valence-corrected chi connectivity index (χ0v) is 16.6. The minimum Gasteiger partial charge on any atom is -0.354 e. The van der Waals surface area contributed by atoms with E-state index in [4.69, 9.17) is 5.26 Å². The van der Waals surface area contributed by atoms with E-state index in [-0.39, 0.29) is 49.4 Å². The first kappa shape index (κ1) is 22.5. The highest BCUT2D eigenvalue weighted by atomic mass is 127. The molecule has 0 spiro atoms. The summed E-state index contributed by atoms with van der Waals surface area (Å²) in [5, 5.41) is 14.7. The van der Waals surface area contributed by atoms with Gasteiger partial charge in [0.2, 0.25) is 0 Å². The van der Waals surface area contributed by atoms with Crippen molar-refractivity contribution in [3.8, 4) is 6.07 Å². The molecular formula is C17H21F4IN4. The lowest BCUT2D eigenvalue weighted by Crippen LogP contribution is -2.46. The second kappa shape index (κ2) is 9.94. The van der Waals surface area contributed by atoms with E-state index in [1.807, 2.05) is 6.07 Å². The quantitative estimate of drug-likeness (QED) is 0.294. The first-order valence-corrected chi connectivity index (χ1v) is 8.06. The third kappa shape index (κ3) is 6.30. The molecule has 0 bridgehead atoms. The van der Waals surface area contributed by atoms with E-state index in [2.05, 4.69) is 15.6 Å². The fourth-order valence-electron chi connectivity index (χ4n) is 2.96. The smallest absolute Gasteiger partial charge is 0.354 e. The van der Waals surface area contributed by atoms with Crippen LogP contribution in [0.2, 0.25) is 0 Å². The Balaban J connectivity index is 0.00000338. The summed E-state index contributed by atoms with van der Waals surface area (Å²) in [4.78, 5) is 3.98. The molecule has 1 aromatic carbocycles. The van der Waals surface area contributed by atoms with Crippen molar-refractivity contribution < 1.29 is 17.6 Å². The van der Waals surface area contributed by atoms with Crippen LogP contribution in [0.4, 0.5) is 17.6 Å². The number of nitrogens with zero attached hydrogens (tertiary/aromatic N) is 2. The van der Waals surface area contributed by atoms with Crippen molar-refractivity contribution in [2.45, 2.75) is 44.4 Å². The van der Waals surface area contributed by atoms with Crippen LogP contribution in [0.1, 0.15) is 36.8 Å². The Kier molecular flexibility index (Phi) is 8.59. The van der Waals surface area contributed by atoms with Crippen molar-refractivity contribution in [2.75, 3.05) is 7.05 Å². The van der Waals surface area contributed by atoms with E-state index in [9.17, 15) is 17.6 Å². The lowest BCUT2D eigenvalue weighted by molar-refractivity contribution is -0.183. The van der Waals surface area contributed by atoms with Crippen LogP contribution in [-0.4, -0.2) is 25.2 Å². The number of benzene rings is 1. The van der Waals surface area contributed by atoms with Crippen molar-refractivity contribution in [1.82, 2.24) is 10.6 Å². The fraction of sp³-hybridized carbons (Fsp3) is 0.529. The Morgan fingerprint density at radius 1 is 1.35 bits per heavy atom. The van der Waals surface area contributed by atoms with E-state index in [1.165, 1.54) is 25.2 Å². The summed E-state index contributed by atoms with van der Waals surface area (Å²) in [6.45, 7) is 0.0798. The molecule has 1 aliphatic carbocycles. The molecule has 1 aliphatic rings. The highest BCUT2D eigenvalue weighted by Gasteiger charge is 2.42. The Bertz CT molecular complexity index is 670. The molecule has 0 aromatic heterocycles. The first-order chi connectivity index (χ1) is 11.8. The largest absolute Gasteiger partial charge is 0.391 e. The molecule has 2 N–H and O–H groups in total. The van der Waals surface area contributed by atoms with E-state index >= 15 is 0 Å². The Labute approximate surface area is 167 Å². The molecule has 144 valence electrons. The molecule has 0 radical (unpaired) electrons. The van der Waals surface area contributed by atoms with Crippen LogP contribution in [0.25, 0.3) is 0 Å². The van der Waals surface area contributed by atoms with Crippen LogP contribution >= 0.6 is 24.0 Å². The number of alkyl halides is 3. The van der Waals surface area contributed by atoms with Gasteiger partial charge >= 0.3 is 6.18 Å². The van der Waals surface area contributed by atoms with E-state index in [0.29, 0.717) is 29.9 Å². The maximum absolute atomic E-state index is 13.8. The number of aliphatic imine (C=N–C) groups is 1. The average molecular weight is 484 g/mol. The van der Waals surface area contributed by atoms with Crippen molar-refractivity contribution in [1.29, 1.82) is 5.26 Å². The highest BCUT2D eigenvalue weighted by molar-refractivity contribution is 14.0. The van der Waals surface area contributed by atoms with Gasteiger partial charge in [-0.05, 0) is 37.5 Å². The SMILES string of the molecule is CN=C(NCc1cc(C#N)ccc1F)NC1CCCC(C(F)(F)F)C1.I. The van der Waals surface area contributed by atoms with E-state index in [1.54, 1.807) is 0 Å². The standard InChI is InChI=1S/C17H20F4N4.HI/c1-23-16(24-10-12-7-11(9-22)5-6-15(12)18)25-14-4-2-3-13(8-14)17(19,20)21;/h5-7,13-14H,2-4,8,10H2,1H3,(H2,23,24,25);1H. The van der Waals surface area contributed by atoms with Gasteiger partial charge in [0.05, 0.1) is 17.6 Å². The molecule has 1 aromatic rings. The van der Waals surface area contributed by atoms with Crippen LogP contribution in [0.3, 0.4) is 0 Å². The van der Waals surface area contributed by atoms with E-state index in [0.717, 1.165) is 0 Å². The average Bonchev–Trinajstić information content (AvgIpc) is 2.59. The number of guanidine groups is 1. The molecule has 0 saturated heterocycles. The van der Waals surface area contributed by atoms with Gasteiger partial charge in [-0.25, -0.2) is 4.39 Å². The Morgan fingerprint density at radius 3 is 2.69 bits per heavy atom. The molecule has 2 unspecified atom stereocenters. The van der Waals surface area contributed by atoms with Gasteiger partial charge in [-0.2, -0.15) is 18.4 Å². The summed E-state index contributed by atoms with van der Waals surface area (Å²) < 4.78 is 52.4. The fourth-order valence-corrected chi connectivity index (χ4v) is 2.96. The Hall–Kier alpha value is -1.57. The van der Waals surface area contributed by atoms with Gasteiger partial charge in [0.1, 0.15) is 5.82 Å². The molecule has 1 saturated carbocycles. The van der Waals surface area contributed by atoms with Gasteiger partial charge in [-0.3, -0.25) is 4.99 Å². The molecule has 0 amide bonds. The molecular weight excluding hydrogens is 463 g/mol. The highest BCUT2D eigenvalue weighted by Crippen LogP contribution is 2.37. The van der Waals surface area contributed by atoms with Crippen LogP contribution in [0.5, 0.6) is 0 Å². The molecule has 1 fully saturated rings. The predicted octanol–water partition coefficient (Wildman–Crippen LogP) is 4.10. The Morgan fingerprint density at radius 2 is 2.08 bits per heavy atom. The zero-order chi connectivity index (χ0) is 18.4. The molecule has 2 rings (SSSR count). The van der Waals surface area contributed by atoms with Crippen molar-refractivity contribution in [3.05, 3.63) is 35.1 Å². The molecule has 0 heterocycles. The second-order valence-electron chi connectivity index (χ2n) is 6.09. The third-order valence-corrected chi connectivity index (χ3v) is 4.32. The summed E-state index contributed by atoms with van der Waals surface area (Å²) in [5.74, 6) is -1.45. The van der Waals surface area contributed by atoms with Crippen molar-refractivity contribution in [2.24, 2.45) is 10.9 Å². The van der Waals surface area contributed by atoms with Crippen LogP contribution in [-0.2, 0) is 6.54 Å². The van der Waals surface area contributed by atoms with Crippen molar-refractivity contribution >= 4 is 29.9 Å². The maximum Gasteiger partial charge on any atom is 0.391 e. The van der Waals surface area contributed by atoms with Crippen molar-refractivity contribution in [3.63, 3.8) is 0 Å². The molecule has 0 aliphatic heterocycles. The number of halogens is 5. The van der Waals surface area contributed by atoms with Gasteiger partial charge in [0.15, 0.2) is 5.96 Å². The van der Waals surface area contributed by atoms with Gasteiger partial charge in [-0.1, -0.05) is 6.42 Å². The molecule has 26 heavy (non-hydrogen) atoms. The monoisotopic (exact) mass is 484 g/mol. The normalized spacial score (nSPS) is 20.7. The van der Waals surface area contributed by atoms with Gasteiger partial charge in [-0.15, -0.1) is 24.0 Å². The minimum absolute atomic E-state index is 0. The third-order valence-electron chi connectivity index (χ3n) is 4.32. The number of hydrogen-bond donors (Lipinski definition) is 2. The van der Waals surface area contributed by atoms with Crippen LogP contribution in [0.15, 0.2) is 23.2 Å². The van der Waals surface area contributed by atoms with Gasteiger partial charge in [0.25, 0.3) is 0 Å². The lowest BCUT2D eigenvalue weighted by Gasteiger charge is -2.31. The van der Waals surface area contributed by atoms with Crippen LogP contribution < -0.4 is 10.6 Å². The lowest BCUT2D eigenvalue weighted by atomic mass is 9.85. The van der Waals surface area contributed by atoms with E-state index < -0.39 is 17.9 Å². The number of nitriles is 1. The molecule has 9 heteroatoms. The van der Waals surface area contributed by atoms with Gasteiger partial charge in [0, 0.05) is 25.2 Å². The molecule has 4 nitrogen and oxygen atoms in total. The number of nitrogens with one attached hydrogen (secondary N) is 2. The number of hydrogen-bond acceptors (Lipinski definition) is 2. The minimum atomic E-state index is -4.18. The summed E-state index contributed by atoms with van der Waals surface area (Å²) in [6.07, 6.45) is -2.90.